The van der Waals surface area contributed by atoms with E-state index in [1.165, 1.54) is 29.7 Å². The second-order valence-corrected chi connectivity index (χ2v) is 5.88. The minimum Gasteiger partial charge on any atom is -0.307 e. The fourth-order valence-electron chi connectivity index (χ4n) is 2.25. The summed E-state index contributed by atoms with van der Waals surface area (Å²) in [4.78, 5) is 1.50. The van der Waals surface area contributed by atoms with Crippen LogP contribution in [0.25, 0.3) is 0 Å². The number of thiophene rings is 1. The normalized spacial score (nSPS) is 20.2. The van der Waals surface area contributed by atoms with Gasteiger partial charge in [-0.15, -0.1) is 11.3 Å². The van der Waals surface area contributed by atoms with Crippen LogP contribution in [0.5, 0.6) is 0 Å². The highest BCUT2D eigenvalue weighted by Gasteiger charge is 2.24. The molecule has 15 heavy (non-hydrogen) atoms. The summed E-state index contributed by atoms with van der Waals surface area (Å²) in [6.45, 7) is 6.80. The second kappa shape index (κ2) is 4.67. The van der Waals surface area contributed by atoms with Crippen LogP contribution in [-0.2, 0) is 0 Å². The predicted octanol–water partition coefficient (Wildman–Crippen LogP) is 3.90. The van der Waals surface area contributed by atoms with Gasteiger partial charge in [-0.3, -0.25) is 0 Å². The maximum absolute atomic E-state index is 3.70. The molecule has 2 atom stereocenters. The maximum Gasteiger partial charge on any atom is 0.0390 e. The van der Waals surface area contributed by atoms with Crippen LogP contribution in [0.15, 0.2) is 11.4 Å². The summed E-state index contributed by atoms with van der Waals surface area (Å²) in [5, 5.41) is 5.89. The Labute approximate surface area is 96.9 Å². The predicted molar refractivity (Wildman–Crippen MR) is 67.4 cm³/mol. The van der Waals surface area contributed by atoms with Gasteiger partial charge < -0.3 is 5.32 Å². The SMILES string of the molecule is Cc1ccsc1C(C)NC(C)CC1CC1. The Balaban J connectivity index is 1.85. The van der Waals surface area contributed by atoms with Crippen LogP contribution in [0.3, 0.4) is 0 Å². The van der Waals surface area contributed by atoms with E-state index >= 15 is 0 Å². The van der Waals surface area contributed by atoms with E-state index in [2.05, 4.69) is 37.5 Å². The van der Waals surface area contributed by atoms with E-state index in [-0.39, 0.29) is 0 Å². The summed E-state index contributed by atoms with van der Waals surface area (Å²) in [6, 6.07) is 3.39. The maximum atomic E-state index is 3.70. The van der Waals surface area contributed by atoms with Crippen LogP contribution >= 0.6 is 11.3 Å². The van der Waals surface area contributed by atoms with E-state index in [0.717, 1.165) is 5.92 Å². The lowest BCUT2D eigenvalue weighted by atomic mass is 10.1. The first-order chi connectivity index (χ1) is 7.16. The van der Waals surface area contributed by atoms with Gasteiger partial charge in [-0.2, -0.15) is 0 Å². The van der Waals surface area contributed by atoms with Gasteiger partial charge in [0.05, 0.1) is 0 Å². The van der Waals surface area contributed by atoms with Crippen molar-refractivity contribution in [1.29, 1.82) is 0 Å². The van der Waals surface area contributed by atoms with E-state index in [1.807, 2.05) is 11.3 Å². The van der Waals surface area contributed by atoms with E-state index in [0.29, 0.717) is 12.1 Å². The molecule has 0 aliphatic heterocycles. The second-order valence-electron chi connectivity index (χ2n) is 4.94. The fourth-order valence-corrected chi connectivity index (χ4v) is 3.20. The fraction of sp³-hybridized carbons (Fsp3) is 0.692. The number of rotatable bonds is 5. The third-order valence-electron chi connectivity index (χ3n) is 3.21. The quantitative estimate of drug-likeness (QED) is 0.798. The van der Waals surface area contributed by atoms with E-state index in [9.17, 15) is 0 Å². The van der Waals surface area contributed by atoms with Gasteiger partial charge in [0.15, 0.2) is 0 Å². The van der Waals surface area contributed by atoms with Crippen LogP contribution in [0.4, 0.5) is 0 Å². The molecule has 1 saturated carbocycles. The molecule has 84 valence electrons. The van der Waals surface area contributed by atoms with Gasteiger partial charge in [0, 0.05) is 17.0 Å². The molecule has 1 aromatic rings. The van der Waals surface area contributed by atoms with Crippen LogP contribution in [-0.4, -0.2) is 6.04 Å². The molecule has 1 N–H and O–H groups in total. The van der Waals surface area contributed by atoms with Crippen molar-refractivity contribution in [2.75, 3.05) is 0 Å². The lowest BCUT2D eigenvalue weighted by Crippen LogP contribution is -2.29. The number of hydrogen-bond donors (Lipinski definition) is 1. The summed E-state index contributed by atoms with van der Waals surface area (Å²) in [5.74, 6) is 1.02. The zero-order chi connectivity index (χ0) is 10.8. The van der Waals surface area contributed by atoms with Crippen LogP contribution in [0.1, 0.15) is 49.6 Å². The van der Waals surface area contributed by atoms with E-state index in [4.69, 9.17) is 0 Å². The summed E-state index contributed by atoms with van der Waals surface area (Å²) in [6.07, 6.45) is 4.27. The minimum absolute atomic E-state index is 0.513. The van der Waals surface area contributed by atoms with Crippen LogP contribution in [0, 0.1) is 12.8 Å². The first-order valence-corrected chi connectivity index (χ1v) is 6.85. The van der Waals surface area contributed by atoms with E-state index in [1.54, 1.807) is 0 Å². The van der Waals surface area contributed by atoms with Crippen molar-refractivity contribution in [3.63, 3.8) is 0 Å². The molecular formula is C13H21NS. The Morgan fingerprint density at radius 3 is 2.73 bits per heavy atom. The Kier molecular flexibility index (Phi) is 3.47. The smallest absolute Gasteiger partial charge is 0.0390 e. The third kappa shape index (κ3) is 3.05. The summed E-state index contributed by atoms with van der Waals surface area (Å²) in [5.41, 5.74) is 1.43. The molecule has 1 aliphatic carbocycles. The van der Waals surface area contributed by atoms with Crippen molar-refractivity contribution in [2.45, 2.75) is 52.1 Å². The molecule has 2 heteroatoms. The van der Waals surface area contributed by atoms with Crippen molar-refractivity contribution < 1.29 is 0 Å². The molecule has 2 unspecified atom stereocenters. The highest BCUT2D eigenvalue weighted by molar-refractivity contribution is 7.10. The lowest BCUT2D eigenvalue weighted by molar-refractivity contribution is 0.441. The van der Waals surface area contributed by atoms with Crippen molar-refractivity contribution in [3.8, 4) is 0 Å². The zero-order valence-electron chi connectivity index (χ0n) is 9.92. The molecule has 0 saturated heterocycles. The highest BCUT2D eigenvalue weighted by Crippen LogP contribution is 2.34. The zero-order valence-corrected chi connectivity index (χ0v) is 10.7. The third-order valence-corrected chi connectivity index (χ3v) is 4.41. The van der Waals surface area contributed by atoms with Gasteiger partial charge in [0.1, 0.15) is 0 Å². The topological polar surface area (TPSA) is 12.0 Å². The van der Waals surface area contributed by atoms with E-state index < -0.39 is 0 Å². The molecule has 0 bridgehead atoms. The van der Waals surface area contributed by atoms with Crippen molar-refractivity contribution in [1.82, 2.24) is 5.32 Å². The largest absolute Gasteiger partial charge is 0.307 e. The van der Waals surface area contributed by atoms with Gasteiger partial charge in [-0.05, 0) is 50.1 Å². The molecule has 0 aromatic carbocycles. The van der Waals surface area contributed by atoms with Crippen molar-refractivity contribution in [3.05, 3.63) is 21.9 Å². The minimum atomic E-state index is 0.513. The molecule has 1 fully saturated rings. The summed E-state index contributed by atoms with van der Waals surface area (Å²) in [7, 11) is 0. The van der Waals surface area contributed by atoms with Gasteiger partial charge in [-0.25, -0.2) is 0 Å². The molecule has 1 aromatic heterocycles. The molecule has 0 amide bonds. The number of aryl methyl sites for hydroxylation is 1. The Morgan fingerprint density at radius 1 is 1.47 bits per heavy atom. The molecule has 1 aliphatic rings. The Morgan fingerprint density at radius 2 is 2.20 bits per heavy atom. The monoisotopic (exact) mass is 223 g/mol. The Hall–Kier alpha value is -0.340. The Bertz CT molecular complexity index is 314. The van der Waals surface area contributed by atoms with Crippen molar-refractivity contribution in [2.24, 2.45) is 5.92 Å². The van der Waals surface area contributed by atoms with Gasteiger partial charge in [0.2, 0.25) is 0 Å². The van der Waals surface area contributed by atoms with Crippen LogP contribution in [0.2, 0.25) is 0 Å². The molecule has 1 heterocycles. The first kappa shape index (κ1) is 11.2. The average molecular weight is 223 g/mol. The first-order valence-electron chi connectivity index (χ1n) is 5.97. The summed E-state index contributed by atoms with van der Waals surface area (Å²) < 4.78 is 0. The van der Waals surface area contributed by atoms with Crippen molar-refractivity contribution >= 4 is 11.3 Å². The molecule has 1 nitrogen and oxygen atoms in total. The molecule has 0 spiro atoms. The molecule has 2 rings (SSSR count). The standard InChI is InChI=1S/C13H21NS/c1-9-6-7-15-13(9)11(3)14-10(2)8-12-4-5-12/h6-7,10-12,14H,4-5,8H2,1-3H3. The number of nitrogens with one attached hydrogen (secondary N) is 1. The van der Waals surface area contributed by atoms with Gasteiger partial charge in [0.25, 0.3) is 0 Å². The van der Waals surface area contributed by atoms with Crippen LogP contribution < -0.4 is 5.32 Å². The molecule has 0 radical (unpaired) electrons. The average Bonchev–Trinajstić information content (AvgIpc) is 2.85. The lowest BCUT2D eigenvalue weighted by Gasteiger charge is -2.19. The summed E-state index contributed by atoms with van der Waals surface area (Å²) >= 11 is 1.87. The highest BCUT2D eigenvalue weighted by atomic mass is 32.1. The number of hydrogen-bond acceptors (Lipinski definition) is 2. The van der Waals surface area contributed by atoms with Gasteiger partial charge in [-0.1, -0.05) is 12.8 Å². The molecular weight excluding hydrogens is 202 g/mol. The van der Waals surface area contributed by atoms with Gasteiger partial charge >= 0.3 is 0 Å².